The molecule has 0 amide bonds. The van der Waals surface area contributed by atoms with Crippen LogP contribution in [-0.2, 0) is 9.47 Å². The third-order valence-electron chi connectivity index (χ3n) is 1.94. The van der Waals surface area contributed by atoms with E-state index in [1.165, 1.54) is 0 Å². The molecule has 0 aromatic heterocycles. The topological polar surface area (TPSA) is 30.8 Å². The minimum absolute atomic E-state index is 0.354. The van der Waals surface area contributed by atoms with Crippen molar-refractivity contribution in [3.63, 3.8) is 0 Å². The zero-order valence-corrected chi connectivity index (χ0v) is 7.88. The quantitative estimate of drug-likeness (QED) is 0.629. The summed E-state index contributed by atoms with van der Waals surface area (Å²) in [6, 6.07) is 0. The van der Waals surface area contributed by atoms with E-state index in [1.807, 2.05) is 0 Å². The monoisotopic (exact) mass is 171 g/mol. The highest BCUT2D eigenvalue weighted by Crippen LogP contribution is 2.01. The minimum Gasteiger partial charge on any atom is -0.479 e. The van der Waals surface area contributed by atoms with Gasteiger partial charge in [-0.15, -0.1) is 0 Å². The molecule has 0 radical (unpaired) electrons. The third-order valence-corrected chi connectivity index (χ3v) is 1.94. The summed E-state index contributed by atoms with van der Waals surface area (Å²) in [4.78, 5) is 4.17. The summed E-state index contributed by atoms with van der Waals surface area (Å²) in [5, 5.41) is 0. The van der Waals surface area contributed by atoms with Crippen LogP contribution in [0.5, 0.6) is 0 Å². The number of hydrogen-bond donors (Lipinski definition) is 0. The highest BCUT2D eigenvalue weighted by molar-refractivity contribution is 5.77. The second kappa shape index (κ2) is 5.14. The maximum atomic E-state index is 5.49. The number of ether oxygens (including phenoxy) is 2. The Morgan fingerprint density at radius 3 is 3.08 bits per heavy atom. The van der Waals surface area contributed by atoms with Gasteiger partial charge in [0.15, 0.2) is 5.90 Å². The Labute approximate surface area is 73.8 Å². The fraction of sp³-hybridized carbons (Fsp3) is 0.889. The number of hydrogen-bond acceptors (Lipinski definition) is 3. The van der Waals surface area contributed by atoms with Gasteiger partial charge < -0.3 is 9.47 Å². The third kappa shape index (κ3) is 3.22. The summed E-state index contributed by atoms with van der Waals surface area (Å²) < 4.78 is 10.7. The lowest BCUT2D eigenvalue weighted by Crippen LogP contribution is -2.11. The van der Waals surface area contributed by atoms with Crippen LogP contribution in [0.4, 0.5) is 0 Å². The SMILES string of the molecule is CCC(C)OCCC1=NCCO1. The molecule has 1 rings (SSSR count). The van der Waals surface area contributed by atoms with E-state index in [0.29, 0.717) is 6.10 Å². The van der Waals surface area contributed by atoms with Crippen molar-refractivity contribution in [3.8, 4) is 0 Å². The van der Waals surface area contributed by atoms with Crippen LogP contribution in [0.2, 0.25) is 0 Å². The lowest BCUT2D eigenvalue weighted by Gasteiger charge is -2.09. The molecular weight excluding hydrogens is 154 g/mol. The highest BCUT2D eigenvalue weighted by Gasteiger charge is 2.07. The molecule has 3 nitrogen and oxygen atoms in total. The molecule has 1 aliphatic rings. The van der Waals surface area contributed by atoms with Gasteiger partial charge >= 0.3 is 0 Å². The minimum atomic E-state index is 0.354. The lowest BCUT2D eigenvalue weighted by atomic mass is 10.3. The van der Waals surface area contributed by atoms with Crippen LogP contribution in [-0.4, -0.2) is 31.8 Å². The van der Waals surface area contributed by atoms with Gasteiger partial charge in [0.1, 0.15) is 6.61 Å². The normalized spacial score (nSPS) is 18.7. The fourth-order valence-electron chi connectivity index (χ4n) is 0.996. The Bertz CT molecular complexity index is 157. The van der Waals surface area contributed by atoms with Gasteiger partial charge in [-0.1, -0.05) is 6.92 Å². The molecule has 0 saturated carbocycles. The maximum absolute atomic E-state index is 5.49. The van der Waals surface area contributed by atoms with Gasteiger partial charge in [0.25, 0.3) is 0 Å². The largest absolute Gasteiger partial charge is 0.479 e. The Morgan fingerprint density at radius 1 is 1.67 bits per heavy atom. The number of aliphatic imine (C=N–C) groups is 1. The molecule has 0 aliphatic carbocycles. The standard InChI is InChI=1S/C9H17NO2/c1-3-8(2)11-6-4-9-10-5-7-12-9/h8H,3-7H2,1-2H3. The van der Waals surface area contributed by atoms with E-state index in [-0.39, 0.29) is 0 Å². The average molecular weight is 171 g/mol. The van der Waals surface area contributed by atoms with Crippen LogP contribution in [0.15, 0.2) is 4.99 Å². The first kappa shape index (κ1) is 9.52. The first-order valence-corrected chi connectivity index (χ1v) is 4.60. The summed E-state index contributed by atoms with van der Waals surface area (Å²) in [5.74, 6) is 0.860. The number of rotatable bonds is 5. The smallest absolute Gasteiger partial charge is 0.185 e. The summed E-state index contributed by atoms with van der Waals surface area (Å²) >= 11 is 0. The van der Waals surface area contributed by atoms with Crippen molar-refractivity contribution in [3.05, 3.63) is 0 Å². The van der Waals surface area contributed by atoms with E-state index in [2.05, 4.69) is 18.8 Å². The van der Waals surface area contributed by atoms with Gasteiger partial charge in [-0.3, -0.25) is 4.99 Å². The fourth-order valence-corrected chi connectivity index (χ4v) is 0.996. The van der Waals surface area contributed by atoms with Crippen LogP contribution in [0.25, 0.3) is 0 Å². The van der Waals surface area contributed by atoms with Crippen LogP contribution < -0.4 is 0 Å². The van der Waals surface area contributed by atoms with Crippen LogP contribution in [0, 0.1) is 0 Å². The van der Waals surface area contributed by atoms with E-state index in [9.17, 15) is 0 Å². The summed E-state index contributed by atoms with van der Waals surface area (Å²) in [6.07, 6.45) is 2.24. The van der Waals surface area contributed by atoms with Gasteiger partial charge in [-0.2, -0.15) is 0 Å². The summed E-state index contributed by atoms with van der Waals surface area (Å²) in [6.45, 7) is 6.50. The molecular formula is C9H17NO2. The molecule has 1 aliphatic heterocycles. The molecule has 1 atom stereocenters. The van der Waals surface area contributed by atoms with Crippen molar-refractivity contribution in [2.75, 3.05) is 19.8 Å². The van der Waals surface area contributed by atoms with Gasteiger partial charge in [-0.25, -0.2) is 0 Å². The zero-order chi connectivity index (χ0) is 8.81. The van der Waals surface area contributed by atoms with Gasteiger partial charge in [0.2, 0.25) is 0 Å². The molecule has 0 aromatic rings. The zero-order valence-electron chi connectivity index (χ0n) is 7.88. The van der Waals surface area contributed by atoms with E-state index in [1.54, 1.807) is 0 Å². The molecule has 0 N–H and O–H groups in total. The van der Waals surface area contributed by atoms with Crippen molar-refractivity contribution in [2.24, 2.45) is 4.99 Å². The molecule has 3 heteroatoms. The molecule has 70 valence electrons. The first-order valence-electron chi connectivity index (χ1n) is 4.60. The van der Waals surface area contributed by atoms with Crippen molar-refractivity contribution >= 4 is 5.90 Å². The maximum Gasteiger partial charge on any atom is 0.185 e. The van der Waals surface area contributed by atoms with E-state index < -0.39 is 0 Å². The lowest BCUT2D eigenvalue weighted by molar-refractivity contribution is 0.0668. The summed E-state index contributed by atoms with van der Waals surface area (Å²) in [5.41, 5.74) is 0. The van der Waals surface area contributed by atoms with Gasteiger partial charge in [0, 0.05) is 6.42 Å². The van der Waals surface area contributed by atoms with Crippen LogP contribution >= 0.6 is 0 Å². The van der Waals surface area contributed by atoms with Gasteiger partial charge in [-0.05, 0) is 13.3 Å². The highest BCUT2D eigenvalue weighted by atomic mass is 16.5. The van der Waals surface area contributed by atoms with Crippen LogP contribution in [0.1, 0.15) is 26.7 Å². The van der Waals surface area contributed by atoms with E-state index >= 15 is 0 Å². The van der Waals surface area contributed by atoms with E-state index in [4.69, 9.17) is 9.47 Å². The predicted octanol–water partition coefficient (Wildman–Crippen LogP) is 1.62. The summed E-state index contributed by atoms with van der Waals surface area (Å²) in [7, 11) is 0. The Morgan fingerprint density at radius 2 is 2.50 bits per heavy atom. The molecule has 1 heterocycles. The molecule has 12 heavy (non-hydrogen) atoms. The second-order valence-electron chi connectivity index (χ2n) is 2.96. The van der Waals surface area contributed by atoms with Crippen molar-refractivity contribution < 1.29 is 9.47 Å². The molecule has 0 bridgehead atoms. The van der Waals surface area contributed by atoms with E-state index in [0.717, 1.165) is 38.5 Å². The molecule has 0 aromatic carbocycles. The molecule has 1 unspecified atom stereocenters. The van der Waals surface area contributed by atoms with Crippen molar-refractivity contribution in [2.45, 2.75) is 32.8 Å². The molecule has 0 fully saturated rings. The van der Waals surface area contributed by atoms with Crippen molar-refractivity contribution in [1.82, 2.24) is 0 Å². The Hall–Kier alpha value is -0.570. The molecule has 0 saturated heterocycles. The Balaban J connectivity index is 2.01. The first-order chi connectivity index (χ1) is 5.83. The van der Waals surface area contributed by atoms with Gasteiger partial charge in [0.05, 0.1) is 19.3 Å². The van der Waals surface area contributed by atoms with Crippen LogP contribution in [0.3, 0.4) is 0 Å². The molecule has 0 spiro atoms. The average Bonchev–Trinajstić information content (AvgIpc) is 2.57. The second-order valence-corrected chi connectivity index (χ2v) is 2.96. The Kier molecular flexibility index (Phi) is 4.08. The predicted molar refractivity (Wildman–Crippen MR) is 48.6 cm³/mol. The van der Waals surface area contributed by atoms with Crippen molar-refractivity contribution in [1.29, 1.82) is 0 Å². The number of nitrogens with zero attached hydrogens (tertiary/aromatic N) is 1.